The lowest BCUT2D eigenvalue weighted by Gasteiger charge is -2.30. The fourth-order valence-electron chi connectivity index (χ4n) is 3.87. The number of ether oxygens (including phenoxy) is 1. The van der Waals surface area contributed by atoms with Crippen molar-refractivity contribution < 1.29 is 9.53 Å². The van der Waals surface area contributed by atoms with Crippen LogP contribution in [0.1, 0.15) is 29.7 Å². The molecular formula is C19H25ClN4O2. The smallest absolute Gasteiger partial charge is 0.225 e. The zero-order valence-electron chi connectivity index (χ0n) is 15.3. The molecule has 1 amide bonds. The first kappa shape index (κ1) is 17.8. The van der Waals surface area contributed by atoms with Crippen molar-refractivity contribution in [3.63, 3.8) is 0 Å². The van der Waals surface area contributed by atoms with E-state index in [1.807, 2.05) is 11.8 Å². The fraction of sp³-hybridized carbons (Fsp3) is 0.579. The molecule has 1 unspecified atom stereocenters. The van der Waals surface area contributed by atoms with Crippen molar-refractivity contribution in [2.75, 3.05) is 26.3 Å². The zero-order chi connectivity index (χ0) is 18.3. The van der Waals surface area contributed by atoms with Crippen LogP contribution in [0.3, 0.4) is 0 Å². The minimum atomic E-state index is 0.158. The van der Waals surface area contributed by atoms with Gasteiger partial charge in [-0.05, 0) is 37.9 Å². The third-order valence-corrected chi connectivity index (χ3v) is 6.02. The van der Waals surface area contributed by atoms with Gasteiger partial charge in [-0.15, -0.1) is 0 Å². The van der Waals surface area contributed by atoms with Crippen molar-refractivity contribution in [2.45, 2.75) is 45.8 Å². The van der Waals surface area contributed by atoms with E-state index in [9.17, 15) is 4.79 Å². The van der Waals surface area contributed by atoms with Gasteiger partial charge in [0, 0.05) is 36.4 Å². The molecule has 6 nitrogen and oxygen atoms in total. The van der Waals surface area contributed by atoms with E-state index in [0.29, 0.717) is 43.8 Å². The number of carbonyl (C=O) groups is 1. The molecule has 0 bridgehead atoms. The molecule has 1 N–H and O–H groups in total. The molecule has 4 rings (SSSR count). The first-order valence-electron chi connectivity index (χ1n) is 9.28. The first-order valence-corrected chi connectivity index (χ1v) is 9.65. The van der Waals surface area contributed by atoms with E-state index in [2.05, 4.69) is 21.8 Å². The number of fused-ring (bicyclic) bond motifs is 3. The van der Waals surface area contributed by atoms with Crippen LogP contribution in [0.4, 0.5) is 0 Å². The van der Waals surface area contributed by atoms with Crippen molar-refractivity contribution in [1.82, 2.24) is 19.8 Å². The number of hydrogen-bond donors (Lipinski definition) is 1. The predicted molar refractivity (Wildman–Crippen MR) is 101 cm³/mol. The van der Waals surface area contributed by atoms with Crippen LogP contribution in [0.25, 0.3) is 11.0 Å². The minimum absolute atomic E-state index is 0.158. The lowest BCUT2D eigenvalue weighted by atomic mass is 10.1. The van der Waals surface area contributed by atoms with Gasteiger partial charge >= 0.3 is 0 Å². The van der Waals surface area contributed by atoms with Crippen molar-refractivity contribution in [1.29, 1.82) is 0 Å². The molecule has 0 radical (unpaired) electrons. The van der Waals surface area contributed by atoms with Crippen LogP contribution in [-0.4, -0.2) is 52.7 Å². The quantitative estimate of drug-likeness (QED) is 0.814. The summed E-state index contributed by atoms with van der Waals surface area (Å²) >= 11 is 6.26. The number of nitrogens with zero attached hydrogens (tertiary/aromatic N) is 3. The Balaban J connectivity index is 1.43. The number of halogens is 1. The maximum atomic E-state index is 12.6. The van der Waals surface area contributed by atoms with Crippen molar-refractivity contribution in [3.05, 3.63) is 28.0 Å². The van der Waals surface area contributed by atoms with E-state index in [1.54, 1.807) is 6.20 Å². The largest absolute Gasteiger partial charge is 0.379 e. The standard InChI is InChI=1S/C19H25ClN4O2/c1-12-15(20)9-22-19-18(12)13(2)16-10-23(6-7-24(16)19)17(25)4-8-26-11-14-3-5-21-14/h9,14,21H,3-8,10-11H2,1-2H3. The van der Waals surface area contributed by atoms with E-state index in [1.165, 1.54) is 12.0 Å². The molecule has 2 aromatic heterocycles. The Morgan fingerprint density at radius 2 is 2.19 bits per heavy atom. The normalized spacial score (nSPS) is 19.5. The zero-order valence-corrected chi connectivity index (χ0v) is 16.1. The number of pyridine rings is 1. The lowest BCUT2D eigenvalue weighted by molar-refractivity contribution is -0.133. The van der Waals surface area contributed by atoms with Gasteiger partial charge < -0.3 is 19.5 Å². The monoisotopic (exact) mass is 376 g/mol. The number of nitrogens with one attached hydrogen (secondary N) is 1. The van der Waals surface area contributed by atoms with Gasteiger partial charge in [0.25, 0.3) is 0 Å². The molecule has 0 aromatic carbocycles. The Labute approximate surface area is 158 Å². The highest BCUT2D eigenvalue weighted by Crippen LogP contribution is 2.32. The maximum Gasteiger partial charge on any atom is 0.225 e. The van der Waals surface area contributed by atoms with Crippen molar-refractivity contribution in [3.8, 4) is 0 Å². The summed E-state index contributed by atoms with van der Waals surface area (Å²) in [7, 11) is 0. The molecule has 26 heavy (non-hydrogen) atoms. The van der Waals surface area contributed by atoms with Gasteiger partial charge in [0.2, 0.25) is 5.91 Å². The van der Waals surface area contributed by atoms with Gasteiger partial charge in [-0.2, -0.15) is 0 Å². The summed E-state index contributed by atoms with van der Waals surface area (Å²) in [6.07, 6.45) is 3.33. The summed E-state index contributed by atoms with van der Waals surface area (Å²) in [4.78, 5) is 19.0. The van der Waals surface area contributed by atoms with Crippen LogP contribution in [0.5, 0.6) is 0 Å². The van der Waals surface area contributed by atoms with Crippen molar-refractivity contribution >= 4 is 28.5 Å². The van der Waals surface area contributed by atoms with Crippen molar-refractivity contribution in [2.24, 2.45) is 0 Å². The Hall–Kier alpha value is -1.63. The summed E-state index contributed by atoms with van der Waals surface area (Å²) in [5.41, 5.74) is 4.38. The van der Waals surface area contributed by atoms with Gasteiger partial charge in [0.1, 0.15) is 5.65 Å². The van der Waals surface area contributed by atoms with E-state index in [4.69, 9.17) is 16.3 Å². The first-order chi connectivity index (χ1) is 12.6. The Morgan fingerprint density at radius 3 is 2.92 bits per heavy atom. The second kappa shape index (κ2) is 7.18. The highest BCUT2D eigenvalue weighted by molar-refractivity contribution is 6.32. The van der Waals surface area contributed by atoms with Gasteiger partial charge in [0.05, 0.1) is 31.2 Å². The topological polar surface area (TPSA) is 59.4 Å². The molecule has 2 aliphatic rings. The molecule has 140 valence electrons. The van der Waals surface area contributed by atoms with E-state index in [-0.39, 0.29) is 5.91 Å². The molecule has 1 saturated heterocycles. The second-order valence-electron chi connectivity index (χ2n) is 7.23. The van der Waals surface area contributed by atoms with Crippen LogP contribution in [-0.2, 0) is 22.6 Å². The predicted octanol–water partition coefficient (Wildman–Crippen LogP) is 2.42. The molecular weight excluding hydrogens is 352 g/mol. The molecule has 2 aromatic rings. The number of hydrogen-bond acceptors (Lipinski definition) is 4. The van der Waals surface area contributed by atoms with Crippen LogP contribution in [0, 0.1) is 13.8 Å². The van der Waals surface area contributed by atoms with E-state index in [0.717, 1.165) is 35.4 Å². The van der Waals surface area contributed by atoms with Gasteiger partial charge in [-0.25, -0.2) is 4.98 Å². The Bertz CT molecular complexity index is 844. The summed E-state index contributed by atoms with van der Waals surface area (Å²) in [5, 5.41) is 5.11. The average Bonchev–Trinajstić information content (AvgIpc) is 2.89. The number of aryl methyl sites for hydroxylation is 2. The lowest BCUT2D eigenvalue weighted by Crippen LogP contribution is -2.46. The number of rotatable bonds is 5. The third kappa shape index (κ3) is 3.10. The van der Waals surface area contributed by atoms with Crippen LogP contribution in [0.15, 0.2) is 6.20 Å². The number of aromatic nitrogens is 2. The number of amides is 1. The summed E-state index contributed by atoms with van der Waals surface area (Å²) in [6, 6.07) is 0.473. The van der Waals surface area contributed by atoms with Crippen LogP contribution >= 0.6 is 11.6 Å². The second-order valence-corrected chi connectivity index (χ2v) is 7.64. The van der Waals surface area contributed by atoms with Gasteiger partial charge in [-0.3, -0.25) is 4.79 Å². The molecule has 0 aliphatic carbocycles. The SMILES string of the molecule is Cc1c(Cl)cnc2c1c(C)c1n2CCN(C(=O)CCOCC2CCN2)C1. The number of carbonyl (C=O) groups excluding carboxylic acids is 1. The molecule has 0 spiro atoms. The summed E-state index contributed by atoms with van der Waals surface area (Å²) < 4.78 is 7.86. The molecule has 4 heterocycles. The van der Waals surface area contributed by atoms with E-state index < -0.39 is 0 Å². The summed E-state index contributed by atoms with van der Waals surface area (Å²) in [5.74, 6) is 0.158. The third-order valence-electron chi connectivity index (χ3n) is 5.64. The Morgan fingerprint density at radius 1 is 1.38 bits per heavy atom. The molecule has 1 atom stereocenters. The average molecular weight is 377 g/mol. The van der Waals surface area contributed by atoms with Gasteiger partial charge in [0.15, 0.2) is 0 Å². The minimum Gasteiger partial charge on any atom is -0.379 e. The highest BCUT2D eigenvalue weighted by atomic mass is 35.5. The fourth-order valence-corrected chi connectivity index (χ4v) is 4.01. The molecule has 1 fully saturated rings. The molecule has 7 heteroatoms. The van der Waals surface area contributed by atoms with Crippen LogP contribution < -0.4 is 5.32 Å². The van der Waals surface area contributed by atoms with E-state index >= 15 is 0 Å². The van der Waals surface area contributed by atoms with Crippen LogP contribution in [0.2, 0.25) is 5.02 Å². The maximum absolute atomic E-state index is 12.6. The highest BCUT2D eigenvalue weighted by Gasteiger charge is 2.26. The molecule has 0 saturated carbocycles. The molecule has 2 aliphatic heterocycles. The van der Waals surface area contributed by atoms with Gasteiger partial charge in [-0.1, -0.05) is 11.6 Å². The summed E-state index contributed by atoms with van der Waals surface area (Å²) in [6.45, 7) is 8.51. The Kier molecular flexibility index (Phi) is 4.90.